The van der Waals surface area contributed by atoms with Crippen LogP contribution in [0.4, 0.5) is 0 Å². The first kappa shape index (κ1) is 14.8. The molecule has 0 heterocycles. The van der Waals surface area contributed by atoms with Crippen LogP contribution in [0.15, 0.2) is 46.9 Å². The number of ketones is 1. The van der Waals surface area contributed by atoms with Crippen LogP contribution in [0.5, 0.6) is 5.75 Å². The molecule has 0 aromatic heterocycles. The Morgan fingerprint density at radius 2 is 1.65 bits per heavy atom. The van der Waals surface area contributed by atoms with Gasteiger partial charge in [-0.2, -0.15) is 0 Å². The number of Topliss-reactive ketones (excluding diaryl/α,β-unsaturated/α-hetero) is 1. The molecule has 0 aliphatic carbocycles. The zero-order valence-electron chi connectivity index (χ0n) is 11.8. The summed E-state index contributed by atoms with van der Waals surface area (Å²) in [4.78, 5) is 12.4. The van der Waals surface area contributed by atoms with Crippen LogP contribution in [0.2, 0.25) is 0 Å². The lowest BCUT2D eigenvalue weighted by Crippen LogP contribution is -2.24. The van der Waals surface area contributed by atoms with Crippen molar-refractivity contribution in [3.63, 3.8) is 0 Å². The summed E-state index contributed by atoms with van der Waals surface area (Å²) in [7, 11) is 0. The summed E-state index contributed by atoms with van der Waals surface area (Å²) >= 11 is 3.51. The van der Waals surface area contributed by atoms with Crippen molar-refractivity contribution in [3.8, 4) is 5.75 Å². The predicted octanol–water partition coefficient (Wildman–Crippen LogP) is 4.72. The number of ether oxygens (including phenoxy) is 1. The number of para-hydroxylation sites is 1. The Morgan fingerprint density at radius 1 is 1.10 bits per heavy atom. The van der Waals surface area contributed by atoms with Gasteiger partial charge >= 0.3 is 0 Å². The van der Waals surface area contributed by atoms with Gasteiger partial charge in [-0.15, -0.1) is 0 Å². The summed E-state index contributed by atoms with van der Waals surface area (Å²) in [5, 5.41) is 0. The van der Waals surface area contributed by atoms with Crippen molar-refractivity contribution in [1.29, 1.82) is 0 Å². The first-order chi connectivity index (χ1) is 9.49. The second-order valence-corrected chi connectivity index (χ2v) is 5.65. The van der Waals surface area contributed by atoms with E-state index in [2.05, 4.69) is 15.9 Å². The maximum absolute atomic E-state index is 12.4. The largest absolute Gasteiger partial charge is 0.483 e. The van der Waals surface area contributed by atoms with Crippen LogP contribution in [0.1, 0.15) is 28.4 Å². The third kappa shape index (κ3) is 3.28. The Bertz CT molecular complexity index is 597. The van der Waals surface area contributed by atoms with Gasteiger partial charge in [-0.3, -0.25) is 4.79 Å². The monoisotopic (exact) mass is 332 g/mol. The minimum atomic E-state index is -0.502. The Balaban J connectivity index is 2.19. The number of hydrogen-bond acceptors (Lipinski definition) is 2. The van der Waals surface area contributed by atoms with Gasteiger partial charge in [0.2, 0.25) is 5.78 Å². The highest BCUT2D eigenvalue weighted by molar-refractivity contribution is 9.10. The highest BCUT2D eigenvalue weighted by atomic mass is 79.9. The lowest BCUT2D eigenvalue weighted by molar-refractivity contribution is 0.0818. The fraction of sp³-hybridized carbons (Fsp3) is 0.235. The molecule has 0 aliphatic heterocycles. The van der Waals surface area contributed by atoms with Gasteiger partial charge in [-0.25, -0.2) is 0 Å². The summed E-state index contributed by atoms with van der Waals surface area (Å²) in [5.41, 5.74) is 2.80. The quantitative estimate of drug-likeness (QED) is 0.757. The lowest BCUT2D eigenvalue weighted by Gasteiger charge is -2.15. The van der Waals surface area contributed by atoms with Crippen molar-refractivity contribution in [1.82, 2.24) is 0 Å². The summed E-state index contributed by atoms with van der Waals surface area (Å²) < 4.78 is 6.73. The van der Waals surface area contributed by atoms with Crippen molar-refractivity contribution < 1.29 is 9.53 Å². The molecule has 1 unspecified atom stereocenters. The van der Waals surface area contributed by atoms with Crippen molar-refractivity contribution >= 4 is 21.7 Å². The first-order valence-electron chi connectivity index (χ1n) is 6.51. The number of hydrogen-bond donors (Lipinski definition) is 0. The molecular weight excluding hydrogens is 316 g/mol. The summed E-state index contributed by atoms with van der Waals surface area (Å²) in [6.45, 7) is 5.75. The van der Waals surface area contributed by atoms with E-state index in [1.807, 2.05) is 56.3 Å². The van der Waals surface area contributed by atoms with Crippen molar-refractivity contribution in [2.45, 2.75) is 26.9 Å². The molecule has 0 spiro atoms. The van der Waals surface area contributed by atoms with Gasteiger partial charge in [0.1, 0.15) is 5.75 Å². The second kappa shape index (κ2) is 6.23. The van der Waals surface area contributed by atoms with E-state index in [0.717, 1.165) is 15.6 Å². The molecule has 0 amide bonds. The average Bonchev–Trinajstić information content (AvgIpc) is 2.44. The molecule has 104 valence electrons. The molecule has 1 atom stereocenters. The topological polar surface area (TPSA) is 26.3 Å². The summed E-state index contributed by atoms with van der Waals surface area (Å²) in [6.07, 6.45) is -0.502. The molecule has 0 saturated heterocycles. The maximum Gasteiger partial charge on any atom is 0.203 e. The molecule has 0 saturated carbocycles. The normalized spacial score (nSPS) is 12.0. The van der Waals surface area contributed by atoms with E-state index in [1.54, 1.807) is 6.92 Å². The molecule has 0 N–H and O–H groups in total. The molecule has 0 radical (unpaired) electrons. The highest BCUT2D eigenvalue weighted by Crippen LogP contribution is 2.23. The molecule has 20 heavy (non-hydrogen) atoms. The first-order valence-corrected chi connectivity index (χ1v) is 7.31. The fourth-order valence-corrected chi connectivity index (χ4v) is 2.31. The van der Waals surface area contributed by atoms with Crippen molar-refractivity contribution in [3.05, 3.63) is 63.6 Å². The van der Waals surface area contributed by atoms with Gasteiger partial charge < -0.3 is 4.74 Å². The number of benzene rings is 2. The second-order valence-electron chi connectivity index (χ2n) is 4.86. The molecule has 0 fully saturated rings. The average molecular weight is 333 g/mol. The molecule has 0 aliphatic rings. The van der Waals surface area contributed by atoms with E-state index in [0.29, 0.717) is 11.3 Å². The molecule has 3 heteroatoms. The van der Waals surface area contributed by atoms with Crippen LogP contribution in [-0.4, -0.2) is 11.9 Å². The van der Waals surface area contributed by atoms with Crippen LogP contribution in [-0.2, 0) is 0 Å². The van der Waals surface area contributed by atoms with Crippen molar-refractivity contribution in [2.24, 2.45) is 0 Å². The minimum Gasteiger partial charge on any atom is -0.483 e. The molecule has 2 rings (SSSR count). The van der Waals surface area contributed by atoms with Gasteiger partial charge in [0.25, 0.3) is 0 Å². The minimum absolute atomic E-state index is 0.00690. The standard InChI is InChI=1S/C17H17BrO2/c1-11-9-14(10-12(2)16(11)18)17(19)13(3)20-15-7-5-4-6-8-15/h4-10,13H,1-3H3. The van der Waals surface area contributed by atoms with E-state index in [4.69, 9.17) is 4.74 Å². The van der Waals surface area contributed by atoms with Crippen LogP contribution in [0, 0.1) is 13.8 Å². The molecule has 2 nitrogen and oxygen atoms in total. The molecule has 2 aromatic rings. The third-order valence-electron chi connectivity index (χ3n) is 3.15. The van der Waals surface area contributed by atoms with Crippen LogP contribution < -0.4 is 4.74 Å². The van der Waals surface area contributed by atoms with Gasteiger partial charge in [0.15, 0.2) is 6.10 Å². The van der Waals surface area contributed by atoms with Crippen LogP contribution >= 0.6 is 15.9 Å². The number of rotatable bonds is 4. The van der Waals surface area contributed by atoms with Gasteiger partial charge in [0, 0.05) is 10.0 Å². The summed E-state index contributed by atoms with van der Waals surface area (Å²) in [5.74, 6) is 0.700. The molecular formula is C17H17BrO2. The Hall–Kier alpha value is -1.61. The van der Waals surface area contributed by atoms with Gasteiger partial charge in [-0.05, 0) is 56.2 Å². The van der Waals surface area contributed by atoms with Crippen LogP contribution in [0.25, 0.3) is 0 Å². The smallest absolute Gasteiger partial charge is 0.203 e. The van der Waals surface area contributed by atoms with Gasteiger partial charge in [-0.1, -0.05) is 34.1 Å². The van der Waals surface area contributed by atoms with E-state index in [1.165, 1.54) is 0 Å². The molecule has 0 bridgehead atoms. The lowest BCUT2D eigenvalue weighted by atomic mass is 10.0. The van der Waals surface area contributed by atoms with Gasteiger partial charge in [0.05, 0.1) is 0 Å². The number of carbonyl (C=O) groups excluding carboxylic acids is 1. The van der Waals surface area contributed by atoms with E-state index in [-0.39, 0.29) is 5.78 Å². The number of aryl methyl sites for hydroxylation is 2. The predicted molar refractivity (Wildman–Crippen MR) is 84.5 cm³/mol. The van der Waals surface area contributed by atoms with E-state index >= 15 is 0 Å². The van der Waals surface area contributed by atoms with Crippen molar-refractivity contribution in [2.75, 3.05) is 0 Å². The third-order valence-corrected chi connectivity index (χ3v) is 4.40. The zero-order valence-corrected chi connectivity index (χ0v) is 13.4. The Labute approximate surface area is 127 Å². The van der Waals surface area contributed by atoms with E-state index < -0.39 is 6.10 Å². The summed E-state index contributed by atoms with van der Waals surface area (Å²) in [6, 6.07) is 13.2. The number of halogens is 1. The highest BCUT2D eigenvalue weighted by Gasteiger charge is 2.18. The molecule has 2 aromatic carbocycles. The number of carbonyl (C=O) groups is 1. The Morgan fingerprint density at radius 3 is 2.20 bits per heavy atom. The van der Waals surface area contributed by atoms with E-state index in [9.17, 15) is 4.79 Å². The Kier molecular flexibility index (Phi) is 4.61. The van der Waals surface area contributed by atoms with Crippen LogP contribution in [0.3, 0.4) is 0 Å². The SMILES string of the molecule is Cc1cc(C(=O)C(C)Oc2ccccc2)cc(C)c1Br. The zero-order chi connectivity index (χ0) is 14.7. The fourth-order valence-electron chi connectivity index (χ4n) is 2.08. The maximum atomic E-state index is 12.4.